The molecule has 1 atom stereocenters. The summed E-state index contributed by atoms with van der Waals surface area (Å²) < 4.78 is 1.95. The monoisotopic (exact) mass is 245 g/mol. The minimum Gasteiger partial charge on any atom is -0.311 e. The molecule has 4 nitrogen and oxygen atoms in total. The fourth-order valence-corrected chi connectivity index (χ4v) is 2.05. The fourth-order valence-electron chi connectivity index (χ4n) is 2.05. The van der Waals surface area contributed by atoms with Gasteiger partial charge in [0.2, 0.25) is 0 Å². The van der Waals surface area contributed by atoms with Crippen molar-refractivity contribution in [3.63, 3.8) is 0 Å². The molecular formula is C14H19N3O. The number of benzene rings is 1. The number of carbonyl (C=O) groups excluding carboxylic acids is 1. The number of aromatic nitrogens is 2. The molecule has 18 heavy (non-hydrogen) atoms. The number of Topliss-reactive ketones (excluding diaryl/α,β-unsaturated/α-hetero) is 1. The second-order valence-corrected chi connectivity index (χ2v) is 4.43. The third-order valence-corrected chi connectivity index (χ3v) is 3.29. The molecule has 0 amide bonds. The predicted molar refractivity (Wildman–Crippen MR) is 72.6 cm³/mol. The lowest BCUT2D eigenvalue weighted by molar-refractivity contribution is -0.119. The van der Waals surface area contributed by atoms with Crippen LogP contribution in [0.2, 0.25) is 0 Å². The van der Waals surface area contributed by atoms with Gasteiger partial charge in [0.25, 0.3) is 0 Å². The predicted octanol–water partition coefficient (Wildman–Crippen LogP) is 1.78. The molecule has 0 saturated heterocycles. The average Bonchev–Trinajstić information content (AvgIpc) is 2.76. The number of nitrogens with one attached hydrogen (secondary N) is 1. The summed E-state index contributed by atoms with van der Waals surface area (Å²) in [7, 11) is 1.80. The molecule has 0 spiro atoms. The summed E-state index contributed by atoms with van der Waals surface area (Å²) in [6.45, 7) is 4.75. The molecule has 0 radical (unpaired) electrons. The van der Waals surface area contributed by atoms with Crippen LogP contribution < -0.4 is 5.32 Å². The summed E-state index contributed by atoms with van der Waals surface area (Å²) in [6, 6.07) is 7.93. The molecule has 0 aliphatic carbocycles. The molecule has 2 aromatic rings. The number of likely N-dealkylation sites (N-methyl/N-ethyl adjacent to an activating group) is 1. The summed E-state index contributed by atoms with van der Waals surface area (Å²) in [4.78, 5) is 12.0. The zero-order valence-corrected chi connectivity index (χ0v) is 11.1. The molecule has 1 aromatic carbocycles. The molecule has 0 bridgehead atoms. The Balaban J connectivity index is 2.36. The number of rotatable bonds is 5. The Morgan fingerprint density at radius 3 is 2.83 bits per heavy atom. The molecule has 96 valence electrons. The quantitative estimate of drug-likeness (QED) is 0.873. The second-order valence-electron chi connectivity index (χ2n) is 4.43. The van der Waals surface area contributed by atoms with Crippen molar-refractivity contribution >= 4 is 16.7 Å². The van der Waals surface area contributed by atoms with Crippen LogP contribution in [0.3, 0.4) is 0 Å². The van der Waals surface area contributed by atoms with Crippen molar-refractivity contribution in [2.24, 2.45) is 0 Å². The van der Waals surface area contributed by atoms with E-state index in [0.29, 0.717) is 6.42 Å². The number of hydrogen-bond donors (Lipinski definition) is 1. The van der Waals surface area contributed by atoms with Gasteiger partial charge in [-0.1, -0.05) is 18.2 Å². The van der Waals surface area contributed by atoms with Crippen LogP contribution in [0.15, 0.2) is 24.3 Å². The van der Waals surface area contributed by atoms with Gasteiger partial charge < -0.3 is 5.32 Å². The molecule has 0 saturated carbocycles. The highest BCUT2D eigenvalue weighted by molar-refractivity contribution is 5.90. The van der Waals surface area contributed by atoms with Crippen LogP contribution in [0.4, 0.5) is 0 Å². The molecule has 4 heteroatoms. The van der Waals surface area contributed by atoms with Crippen molar-refractivity contribution < 1.29 is 4.79 Å². The van der Waals surface area contributed by atoms with Crippen LogP contribution in [0.5, 0.6) is 0 Å². The first-order valence-corrected chi connectivity index (χ1v) is 6.31. The van der Waals surface area contributed by atoms with Crippen LogP contribution in [-0.2, 0) is 17.8 Å². The molecule has 1 unspecified atom stereocenters. The Morgan fingerprint density at radius 2 is 2.17 bits per heavy atom. The summed E-state index contributed by atoms with van der Waals surface area (Å²) in [5, 5.41) is 8.58. The van der Waals surface area contributed by atoms with E-state index in [9.17, 15) is 4.79 Å². The van der Waals surface area contributed by atoms with Crippen LogP contribution >= 0.6 is 0 Å². The number of para-hydroxylation sites is 1. The zero-order valence-electron chi connectivity index (χ0n) is 11.1. The van der Waals surface area contributed by atoms with Crippen LogP contribution in [0.1, 0.15) is 19.5 Å². The normalized spacial score (nSPS) is 12.8. The summed E-state index contributed by atoms with van der Waals surface area (Å²) in [6.07, 6.45) is 0.384. The van der Waals surface area contributed by atoms with Gasteiger partial charge in [-0.05, 0) is 27.0 Å². The number of nitrogens with zero attached hydrogens (tertiary/aromatic N) is 2. The highest BCUT2D eigenvalue weighted by atomic mass is 16.1. The standard InChI is InChI=1S/C14H19N3O/c1-4-17-13-8-6-5-7-11(13)12(16-17)9-14(18)10(2)15-3/h5-8,10,15H,4,9H2,1-3H3. The van der Waals surface area contributed by atoms with Gasteiger partial charge in [-0.3, -0.25) is 9.48 Å². The van der Waals surface area contributed by atoms with E-state index in [1.54, 1.807) is 7.05 Å². The number of ketones is 1. The average molecular weight is 245 g/mol. The van der Waals surface area contributed by atoms with Gasteiger partial charge in [-0.2, -0.15) is 5.10 Å². The van der Waals surface area contributed by atoms with Crippen molar-refractivity contribution in [2.45, 2.75) is 32.9 Å². The highest BCUT2D eigenvalue weighted by Crippen LogP contribution is 2.19. The van der Waals surface area contributed by atoms with E-state index in [4.69, 9.17) is 0 Å². The van der Waals surface area contributed by atoms with Crippen LogP contribution in [0, 0.1) is 0 Å². The second kappa shape index (κ2) is 5.31. The van der Waals surface area contributed by atoms with Gasteiger partial charge in [0, 0.05) is 11.9 Å². The molecule has 0 fully saturated rings. The molecular weight excluding hydrogens is 226 g/mol. The Kier molecular flexibility index (Phi) is 3.77. The minimum absolute atomic E-state index is 0.129. The Morgan fingerprint density at radius 1 is 1.44 bits per heavy atom. The van der Waals surface area contributed by atoms with Gasteiger partial charge in [-0.15, -0.1) is 0 Å². The molecule has 2 rings (SSSR count). The third-order valence-electron chi connectivity index (χ3n) is 3.29. The summed E-state index contributed by atoms with van der Waals surface area (Å²) in [5.41, 5.74) is 1.97. The lowest BCUT2D eigenvalue weighted by Gasteiger charge is -2.07. The Bertz CT molecular complexity index is 559. The maximum Gasteiger partial charge on any atom is 0.155 e. The molecule has 0 aliphatic rings. The largest absolute Gasteiger partial charge is 0.311 e. The van der Waals surface area contributed by atoms with E-state index in [0.717, 1.165) is 23.1 Å². The van der Waals surface area contributed by atoms with E-state index < -0.39 is 0 Å². The smallest absolute Gasteiger partial charge is 0.155 e. The molecule has 0 aliphatic heterocycles. The lowest BCUT2D eigenvalue weighted by Crippen LogP contribution is -2.32. The first-order chi connectivity index (χ1) is 8.67. The van der Waals surface area contributed by atoms with Crippen molar-refractivity contribution in [1.29, 1.82) is 0 Å². The number of fused-ring (bicyclic) bond motifs is 1. The number of carbonyl (C=O) groups is 1. The Labute approximate surface area is 107 Å². The van der Waals surface area contributed by atoms with Crippen LogP contribution in [0.25, 0.3) is 10.9 Å². The maximum atomic E-state index is 12.0. The van der Waals surface area contributed by atoms with Crippen molar-refractivity contribution in [1.82, 2.24) is 15.1 Å². The van der Waals surface area contributed by atoms with E-state index in [1.165, 1.54) is 0 Å². The number of aryl methyl sites for hydroxylation is 1. The highest BCUT2D eigenvalue weighted by Gasteiger charge is 2.16. The lowest BCUT2D eigenvalue weighted by atomic mass is 10.1. The van der Waals surface area contributed by atoms with E-state index in [2.05, 4.69) is 17.3 Å². The van der Waals surface area contributed by atoms with Gasteiger partial charge in [-0.25, -0.2) is 0 Å². The van der Waals surface area contributed by atoms with E-state index in [1.807, 2.05) is 35.9 Å². The number of hydrogen-bond acceptors (Lipinski definition) is 3. The summed E-state index contributed by atoms with van der Waals surface area (Å²) >= 11 is 0. The van der Waals surface area contributed by atoms with Crippen LogP contribution in [-0.4, -0.2) is 28.7 Å². The van der Waals surface area contributed by atoms with Gasteiger partial charge in [0.05, 0.1) is 23.7 Å². The van der Waals surface area contributed by atoms with Gasteiger partial charge >= 0.3 is 0 Å². The van der Waals surface area contributed by atoms with Crippen molar-refractivity contribution in [3.8, 4) is 0 Å². The summed E-state index contributed by atoms with van der Waals surface area (Å²) in [5.74, 6) is 0.170. The topological polar surface area (TPSA) is 46.9 Å². The zero-order chi connectivity index (χ0) is 13.1. The fraction of sp³-hybridized carbons (Fsp3) is 0.429. The molecule has 1 heterocycles. The molecule has 1 N–H and O–H groups in total. The SMILES string of the molecule is CCn1nc(CC(=O)C(C)NC)c2ccccc21. The first-order valence-electron chi connectivity index (χ1n) is 6.31. The minimum atomic E-state index is -0.129. The van der Waals surface area contributed by atoms with Gasteiger partial charge in [0.15, 0.2) is 5.78 Å². The van der Waals surface area contributed by atoms with E-state index >= 15 is 0 Å². The van der Waals surface area contributed by atoms with Crippen molar-refractivity contribution in [3.05, 3.63) is 30.0 Å². The maximum absolute atomic E-state index is 12.0. The van der Waals surface area contributed by atoms with E-state index in [-0.39, 0.29) is 11.8 Å². The third kappa shape index (κ3) is 2.29. The van der Waals surface area contributed by atoms with Gasteiger partial charge in [0.1, 0.15) is 0 Å². The Hall–Kier alpha value is -1.68. The molecule has 1 aromatic heterocycles. The van der Waals surface area contributed by atoms with Crippen molar-refractivity contribution in [2.75, 3.05) is 7.05 Å². The first kappa shape index (κ1) is 12.8.